The molecule has 2 fully saturated rings. The number of halogens is 2. The SMILES string of the molecule is Fc1cc(C2C=Nc3cnc(Nc4ccnc(OCC5CCNCC5)c4)nc32)cc(F)c1CN1CCOCC1. The number of piperidine rings is 1. The molecule has 6 rings (SSSR count). The van der Waals surface area contributed by atoms with E-state index in [1.54, 1.807) is 24.7 Å². The molecule has 3 aromatic rings. The molecule has 5 heterocycles. The van der Waals surface area contributed by atoms with E-state index in [9.17, 15) is 0 Å². The van der Waals surface area contributed by atoms with Gasteiger partial charge in [0.2, 0.25) is 11.8 Å². The van der Waals surface area contributed by atoms with Gasteiger partial charge in [-0.05, 0) is 55.6 Å². The van der Waals surface area contributed by atoms with Crippen molar-refractivity contribution < 1.29 is 18.3 Å². The largest absolute Gasteiger partial charge is 0.477 e. The zero-order valence-corrected chi connectivity index (χ0v) is 21.6. The molecule has 0 amide bonds. The molecule has 0 bridgehead atoms. The summed E-state index contributed by atoms with van der Waals surface area (Å²) in [6.45, 7) is 5.31. The molecule has 0 saturated carbocycles. The Morgan fingerprint density at radius 3 is 2.67 bits per heavy atom. The zero-order chi connectivity index (χ0) is 26.6. The summed E-state index contributed by atoms with van der Waals surface area (Å²) in [7, 11) is 0. The number of nitrogens with one attached hydrogen (secondary N) is 2. The number of nitrogens with zero attached hydrogens (tertiary/aromatic N) is 5. The molecular formula is C28H31F2N7O2. The first-order chi connectivity index (χ1) is 19.1. The molecule has 2 N–H and O–H groups in total. The summed E-state index contributed by atoms with van der Waals surface area (Å²) in [6.07, 6.45) is 7.11. The van der Waals surface area contributed by atoms with Crippen LogP contribution in [-0.2, 0) is 11.3 Å². The van der Waals surface area contributed by atoms with Crippen LogP contribution in [0.25, 0.3) is 0 Å². The van der Waals surface area contributed by atoms with Crippen LogP contribution in [0.5, 0.6) is 5.88 Å². The Hall–Kier alpha value is -3.54. The van der Waals surface area contributed by atoms with Crippen molar-refractivity contribution in [3.05, 3.63) is 65.1 Å². The van der Waals surface area contributed by atoms with E-state index < -0.39 is 17.6 Å². The van der Waals surface area contributed by atoms with Gasteiger partial charge in [-0.25, -0.2) is 23.7 Å². The maximum absolute atomic E-state index is 15.1. The summed E-state index contributed by atoms with van der Waals surface area (Å²) >= 11 is 0. The van der Waals surface area contributed by atoms with Gasteiger partial charge in [-0.15, -0.1) is 0 Å². The Morgan fingerprint density at radius 1 is 1.08 bits per heavy atom. The highest BCUT2D eigenvalue weighted by Gasteiger charge is 2.26. The van der Waals surface area contributed by atoms with Crippen LogP contribution in [0.15, 0.2) is 41.7 Å². The molecule has 0 aliphatic carbocycles. The number of anilines is 2. The predicted molar refractivity (Wildman–Crippen MR) is 143 cm³/mol. The van der Waals surface area contributed by atoms with Crippen LogP contribution in [-0.4, -0.2) is 72.1 Å². The normalized spacial score (nSPS) is 19.7. The van der Waals surface area contributed by atoms with Gasteiger partial charge < -0.3 is 20.1 Å². The topological polar surface area (TPSA) is 96.8 Å². The van der Waals surface area contributed by atoms with E-state index in [0.717, 1.165) is 31.6 Å². The van der Waals surface area contributed by atoms with Gasteiger partial charge in [0, 0.05) is 49.4 Å². The third-order valence-corrected chi connectivity index (χ3v) is 7.38. The number of rotatable bonds is 8. The number of hydrogen-bond acceptors (Lipinski definition) is 9. The summed E-state index contributed by atoms with van der Waals surface area (Å²) in [5, 5.41) is 6.55. The lowest BCUT2D eigenvalue weighted by atomic mass is 9.95. The first kappa shape index (κ1) is 25.7. The highest BCUT2D eigenvalue weighted by Crippen LogP contribution is 2.36. The summed E-state index contributed by atoms with van der Waals surface area (Å²) in [5.74, 6) is -0.219. The van der Waals surface area contributed by atoms with Crippen molar-refractivity contribution in [1.82, 2.24) is 25.2 Å². The van der Waals surface area contributed by atoms with E-state index in [2.05, 4.69) is 30.6 Å². The lowest BCUT2D eigenvalue weighted by Crippen LogP contribution is -2.36. The number of aliphatic imine (C=N–C) groups is 1. The molecule has 2 saturated heterocycles. The predicted octanol–water partition coefficient (Wildman–Crippen LogP) is 3.95. The quantitative estimate of drug-likeness (QED) is 0.448. The average Bonchev–Trinajstić information content (AvgIpc) is 3.38. The summed E-state index contributed by atoms with van der Waals surface area (Å²) < 4.78 is 41.4. The van der Waals surface area contributed by atoms with Crippen molar-refractivity contribution in [3.8, 4) is 5.88 Å². The van der Waals surface area contributed by atoms with Gasteiger partial charge in [-0.1, -0.05) is 0 Å². The molecule has 3 aliphatic rings. The minimum absolute atomic E-state index is 0.0664. The van der Waals surface area contributed by atoms with E-state index in [0.29, 0.717) is 67.6 Å². The molecule has 1 unspecified atom stereocenters. The Bertz CT molecular complexity index is 1320. The molecule has 2 aromatic heterocycles. The average molecular weight is 536 g/mol. The fourth-order valence-electron chi connectivity index (χ4n) is 5.13. The van der Waals surface area contributed by atoms with Gasteiger partial charge in [0.25, 0.3) is 0 Å². The molecule has 39 heavy (non-hydrogen) atoms. The van der Waals surface area contributed by atoms with E-state index >= 15 is 8.78 Å². The third kappa shape index (κ3) is 6.05. The maximum atomic E-state index is 15.1. The van der Waals surface area contributed by atoms with Crippen LogP contribution < -0.4 is 15.4 Å². The van der Waals surface area contributed by atoms with Gasteiger partial charge in [-0.2, -0.15) is 0 Å². The number of pyridine rings is 1. The second-order valence-electron chi connectivity index (χ2n) is 10.1. The number of hydrogen-bond donors (Lipinski definition) is 2. The third-order valence-electron chi connectivity index (χ3n) is 7.38. The highest BCUT2D eigenvalue weighted by molar-refractivity contribution is 5.83. The summed E-state index contributed by atoms with van der Waals surface area (Å²) in [5.41, 5.74) is 2.41. The first-order valence-corrected chi connectivity index (χ1v) is 13.4. The van der Waals surface area contributed by atoms with E-state index in [1.807, 2.05) is 11.0 Å². The molecule has 9 nitrogen and oxygen atoms in total. The minimum Gasteiger partial charge on any atom is -0.477 e. The van der Waals surface area contributed by atoms with Crippen molar-refractivity contribution in [1.29, 1.82) is 0 Å². The van der Waals surface area contributed by atoms with Crippen molar-refractivity contribution in [2.75, 3.05) is 51.3 Å². The second kappa shape index (κ2) is 11.7. The van der Waals surface area contributed by atoms with Crippen molar-refractivity contribution in [2.24, 2.45) is 10.9 Å². The van der Waals surface area contributed by atoms with Gasteiger partial charge in [0.1, 0.15) is 17.3 Å². The maximum Gasteiger partial charge on any atom is 0.227 e. The highest BCUT2D eigenvalue weighted by atomic mass is 19.1. The Kier molecular flexibility index (Phi) is 7.71. The molecule has 0 spiro atoms. The second-order valence-corrected chi connectivity index (χ2v) is 10.1. The van der Waals surface area contributed by atoms with E-state index in [-0.39, 0.29) is 12.1 Å². The Morgan fingerprint density at radius 2 is 1.87 bits per heavy atom. The number of morpholine rings is 1. The minimum atomic E-state index is -0.570. The standard InChI is InChI=1S/C28H31F2N7O2/c29-23-11-19(12-24(30)22(23)16-37-7-9-38-10-8-37)21-14-33-25-15-34-28(36-27(21)25)35-20-3-6-32-26(13-20)39-17-18-1-4-31-5-2-18/h3,6,11-15,18,21,31H,1-2,4-5,7-10,16-17H2,(H,32,34,35,36). The number of aromatic nitrogens is 3. The van der Waals surface area contributed by atoms with Crippen LogP contribution in [0.2, 0.25) is 0 Å². The van der Waals surface area contributed by atoms with Gasteiger partial charge in [-0.3, -0.25) is 9.89 Å². The summed E-state index contributed by atoms with van der Waals surface area (Å²) in [4.78, 5) is 19.7. The van der Waals surface area contributed by atoms with Gasteiger partial charge >= 0.3 is 0 Å². The van der Waals surface area contributed by atoms with Gasteiger partial charge in [0.05, 0.1) is 37.6 Å². The van der Waals surface area contributed by atoms with Crippen molar-refractivity contribution in [3.63, 3.8) is 0 Å². The molecule has 204 valence electrons. The number of benzene rings is 1. The monoisotopic (exact) mass is 535 g/mol. The van der Waals surface area contributed by atoms with Crippen LogP contribution in [0, 0.1) is 17.6 Å². The Labute approximate surface area is 225 Å². The molecule has 3 aliphatic heterocycles. The van der Waals surface area contributed by atoms with E-state index in [4.69, 9.17) is 9.47 Å². The molecular weight excluding hydrogens is 504 g/mol. The lowest BCUT2D eigenvalue weighted by Gasteiger charge is -2.27. The molecule has 0 radical (unpaired) electrons. The number of ether oxygens (including phenoxy) is 2. The fourth-order valence-corrected chi connectivity index (χ4v) is 5.13. The van der Waals surface area contributed by atoms with Crippen molar-refractivity contribution >= 4 is 23.5 Å². The summed E-state index contributed by atoms with van der Waals surface area (Å²) in [6, 6.07) is 6.38. The number of fused-ring (bicyclic) bond motifs is 1. The zero-order valence-electron chi connectivity index (χ0n) is 21.6. The molecule has 1 aromatic carbocycles. The lowest BCUT2D eigenvalue weighted by molar-refractivity contribution is 0.0332. The first-order valence-electron chi connectivity index (χ1n) is 13.4. The molecule has 1 atom stereocenters. The van der Waals surface area contributed by atoms with Gasteiger partial charge in [0.15, 0.2) is 0 Å². The van der Waals surface area contributed by atoms with E-state index in [1.165, 1.54) is 12.1 Å². The van der Waals surface area contributed by atoms with Crippen LogP contribution in [0.3, 0.4) is 0 Å². The smallest absolute Gasteiger partial charge is 0.227 e. The van der Waals surface area contributed by atoms with Crippen LogP contribution in [0.1, 0.15) is 35.6 Å². The van der Waals surface area contributed by atoms with Crippen LogP contribution in [0.4, 0.5) is 26.1 Å². The Balaban J connectivity index is 1.15. The molecule has 11 heteroatoms. The fraction of sp³-hybridized carbons (Fsp3) is 0.429. The van der Waals surface area contributed by atoms with Crippen molar-refractivity contribution in [2.45, 2.75) is 25.3 Å². The van der Waals surface area contributed by atoms with Crippen LogP contribution >= 0.6 is 0 Å².